The van der Waals surface area contributed by atoms with Gasteiger partial charge in [0.25, 0.3) is 5.91 Å². The second-order valence-electron chi connectivity index (χ2n) is 5.52. The number of rotatable bonds is 4. The van der Waals surface area contributed by atoms with Crippen molar-refractivity contribution in [1.29, 1.82) is 0 Å². The van der Waals surface area contributed by atoms with Gasteiger partial charge in [-0.25, -0.2) is 0 Å². The number of hydrogen-bond donors (Lipinski definition) is 3. The van der Waals surface area contributed by atoms with Crippen molar-refractivity contribution in [2.45, 2.75) is 6.92 Å². The number of aryl methyl sites for hydroxylation is 1. The summed E-state index contributed by atoms with van der Waals surface area (Å²) in [6.45, 7) is 5.42. The monoisotopic (exact) mass is 319 g/mol. The zero-order valence-electron chi connectivity index (χ0n) is 13.2. The first-order chi connectivity index (χ1) is 11.5. The summed E-state index contributed by atoms with van der Waals surface area (Å²) in [7, 11) is 0. The highest BCUT2D eigenvalue weighted by Gasteiger charge is 2.14. The lowest BCUT2D eigenvalue weighted by Gasteiger charge is -2.10. The molecule has 0 saturated carbocycles. The Kier molecular flexibility index (Phi) is 3.92. The number of amides is 2. The van der Waals surface area contributed by atoms with Gasteiger partial charge < -0.3 is 16.0 Å². The maximum atomic E-state index is 11.6. The van der Waals surface area contributed by atoms with Crippen LogP contribution in [0.4, 0.5) is 5.69 Å². The van der Waals surface area contributed by atoms with E-state index in [1.807, 2.05) is 43.5 Å². The molecule has 0 spiro atoms. The fraction of sp³-hybridized carbons (Fsp3) is 0.0526. The van der Waals surface area contributed by atoms with Gasteiger partial charge in [0.1, 0.15) is 0 Å². The number of aromatic amines is 1. The van der Waals surface area contributed by atoms with Gasteiger partial charge in [0.15, 0.2) is 0 Å². The molecule has 0 aliphatic carbocycles. The minimum atomic E-state index is -0.472. The van der Waals surface area contributed by atoms with Crippen molar-refractivity contribution in [2.24, 2.45) is 5.73 Å². The minimum absolute atomic E-state index is 0.265. The molecule has 5 heteroatoms. The van der Waals surface area contributed by atoms with Crippen molar-refractivity contribution in [2.75, 3.05) is 5.32 Å². The van der Waals surface area contributed by atoms with Gasteiger partial charge in [0.05, 0.1) is 11.1 Å². The molecule has 5 nitrogen and oxygen atoms in total. The van der Waals surface area contributed by atoms with Crippen LogP contribution in [-0.2, 0) is 4.79 Å². The first-order valence-electron chi connectivity index (χ1n) is 7.45. The predicted octanol–water partition coefficient (Wildman–Crippen LogP) is 3.37. The first kappa shape index (κ1) is 15.6. The van der Waals surface area contributed by atoms with E-state index in [9.17, 15) is 9.59 Å². The van der Waals surface area contributed by atoms with Gasteiger partial charge in [-0.3, -0.25) is 9.59 Å². The third-order valence-corrected chi connectivity index (χ3v) is 3.92. The highest BCUT2D eigenvalue weighted by molar-refractivity contribution is 6.10. The number of carbonyl (C=O) groups excluding carboxylic acids is 2. The van der Waals surface area contributed by atoms with Crippen molar-refractivity contribution < 1.29 is 9.59 Å². The van der Waals surface area contributed by atoms with Crippen LogP contribution in [0.2, 0.25) is 0 Å². The largest absolute Gasteiger partial charge is 0.366 e. The Hall–Kier alpha value is -3.34. The van der Waals surface area contributed by atoms with Crippen LogP contribution >= 0.6 is 0 Å². The molecule has 24 heavy (non-hydrogen) atoms. The van der Waals surface area contributed by atoms with Crippen LogP contribution in [0.3, 0.4) is 0 Å². The summed E-state index contributed by atoms with van der Waals surface area (Å²) in [5, 5.41) is 3.69. The zero-order valence-corrected chi connectivity index (χ0v) is 13.2. The van der Waals surface area contributed by atoms with E-state index >= 15 is 0 Å². The Bertz CT molecular complexity index is 970. The molecular formula is C19H17N3O2. The van der Waals surface area contributed by atoms with Crippen LogP contribution in [0.1, 0.15) is 15.9 Å². The van der Waals surface area contributed by atoms with E-state index in [-0.39, 0.29) is 5.91 Å². The lowest BCUT2D eigenvalue weighted by Crippen LogP contribution is -2.11. The number of nitrogens with one attached hydrogen (secondary N) is 2. The molecule has 0 radical (unpaired) electrons. The molecule has 0 bridgehead atoms. The molecule has 0 atom stereocenters. The van der Waals surface area contributed by atoms with Gasteiger partial charge in [-0.05, 0) is 47.9 Å². The summed E-state index contributed by atoms with van der Waals surface area (Å²) in [5.74, 6) is -0.736. The minimum Gasteiger partial charge on any atom is -0.366 e. The SMILES string of the molecule is C=CC(=O)Nc1cccc(-c2ccc(C(N)=O)c3[nH]cc(C)c23)c1. The Morgan fingerprint density at radius 1 is 1.25 bits per heavy atom. The first-order valence-corrected chi connectivity index (χ1v) is 7.45. The third kappa shape index (κ3) is 2.67. The topological polar surface area (TPSA) is 88.0 Å². The summed E-state index contributed by atoms with van der Waals surface area (Å²) < 4.78 is 0. The van der Waals surface area contributed by atoms with E-state index in [1.165, 1.54) is 6.08 Å². The van der Waals surface area contributed by atoms with Crippen molar-refractivity contribution in [3.05, 3.63) is 66.4 Å². The number of benzene rings is 2. The van der Waals surface area contributed by atoms with Crippen LogP contribution in [0, 0.1) is 6.92 Å². The lowest BCUT2D eigenvalue weighted by atomic mass is 9.96. The van der Waals surface area contributed by atoms with Crippen molar-refractivity contribution >= 4 is 28.4 Å². The van der Waals surface area contributed by atoms with Crippen LogP contribution < -0.4 is 11.1 Å². The van der Waals surface area contributed by atoms with Gasteiger partial charge in [-0.1, -0.05) is 24.8 Å². The van der Waals surface area contributed by atoms with Crippen molar-refractivity contribution in [3.63, 3.8) is 0 Å². The van der Waals surface area contributed by atoms with Gasteiger partial charge in [-0.2, -0.15) is 0 Å². The average molecular weight is 319 g/mol. The molecule has 120 valence electrons. The molecular weight excluding hydrogens is 302 g/mol. The zero-order chi connectivity index (χ0) is 17.3. The second kappa shape index (κ2) is 6.04. The quantitative estimate of drug-likeness (QED) is 0.644. The van der Waals surface area contributed by atoms with Crippen LogP contribution in [0.25, 0.3) is 22.0 Å². The Labute approximate surface area is 139 Å². The van der Waals surface area contributed by atoms with Gasteiger partial charge in [0.2, 0.25) is 5.91 Å². The smallest absolute Gasteiger partial charge is 0.250 e. The molecule has 0 fully saturated rings. The predicted molar refractivity (Wildman–Crippen MR) is 95.8 cm³/mol. The lowest BCUT2D eigenvalue weighted by molar-refractivity contribution is -0.111. The van der Waals surface area contributed by atoms with E-state index in [1.54, 1.807) is 6.07 Å². The fourth-order valence-electron chi connectivity index (χ4n) is 2.82. The fourth-order valence-corrected chi connectivity index (χ4v) is 2.82. The number of aromatic nitrogens is 1. The molecule has 0 aliphatic rings. The van der Waals surface area contributed by atoms with Gasteiger partial charge in [-0.15, -0.1) is 0 Å². The van der Waals surface area contributed by atoms with Crippen molar-refractivity contribution in [3.8, 4) is 11.1 Å². The standard InChI is InChI=1S/C19H17N3O2/c1-3-16(23)22-13-6-4-5-12(9-13)14-7-8-15(19(20)24)18-17(14)11(2)10-21-18/h3-10,21H,1H2,2H3,(H2,20,24)(H,22,23). The Morgan fingerprint density at radius 2 is 2.04 bits per heavy atom. The summed E-state index contributed by atoms with van der Waals surface area (Å²) >= 11 is 0. The summed E-state index contributed by atoms with van der Waals surface area (Å²) in [4.78, 5) is 26.2. The number of H-pyrrole nitrogens is 1. The Morgan fingerprint density at radius 3 is 2.75 bits per heavy atom. The van der Waals surface area contributed by atoms with E-state index in [0.717, 1.165) is 27.6 Å². The number of hydrogen-bond acceptors (Lipinski definition) is 2. The molecule has 3 aromatic rings. The molecule has 0 aliphatic heterocycles. The second-order valence-corrected chi connectivity index (χ2v) is 5.52. The van der Waals surface area contributed by atoms with E-state index in [0.29, 0.717) is 11.3 Å². The third-order valence-electron chi connectivity index (χ3n) is 3.92. The highest BCUT2D eigenvalue weighted by atomic mass is 16.1. The number of nitrogens with two attached hydrogens (primary N) is 1. The van der Waals surface area contributed by atoms with Gasteiger partial charge >= 0.3 is 0 Å². The molecule has 0 saturated heterocycles. The average Bonchev–Trinajstić information content (AvgIpc) is 2.96. The number of fused-ring (bicyclic) bond motifs is 1. The van der Waals surface area contributed by atoms with E-state index in [2.05, 4.69) is 16.9 Å². The maximum Gasteiger partial charge on any atom is 0.250 e. The number of carbonyl (C=O) groups is 2. The molecule has 1 heterocycles. The van der Waals surface area contributed by atoms with Crippen molar-refractivity contribution in [1.82, 2.24) is 4.98 Å². The molecule has 2 aromatic carbocycles. The molecule has 2 amide bonds. The summed E-state index contributed by atoms with van der Waals surface area (Å²) in [6.07, 6.45) is 3.08. The molecule has 3 rings (SSSR count). The molecule has 0 unspecified atom stereocenters. The number of anilines is 1. The summed E-state index contributed by atoms with van der Waals surface area (Å²) in [5.41, 5.74) is 10.2. The molecule has 1 aromatic heterocycles. The summed E-state index contributed by atoms with van der Waals surface area (Å²) in [6, 6.07) is 11.1. The maximum absolute atomic E-state index is 11.6. The van der Waals surface area contributed by atoms with E-state index in [4.69, 9.17) is 5.73 Å². The van der Waals surface area contributed by atoms with E-state index < -0.39 is 5.91 Å². The van der Waals surface area contributed by atoms with Crippen LogP contribution in [0.15, 0.2) is 55.3 Å². The normalized spacial score (nSPS) is 10.5. The highest BCUT2D eigenvalue weighted by Crippen LogP contribution is 2.33. The molecule has 4 N–H and O–H groups in total. The number of primary amides is 1. The van der Waals surface area contributed by atoms with Crippen LogP contribution in [0.5, 0.6) is 0 Å². The van der Waals surface area contributed by atoms with Crippen LogP contribution in [-0.4, -0.2) is 16.8 Å². The Balaban J connectivity index is 2.17. The van der Waals surface area contributed by atoms with Gasteiger partial charge in [0, 0.05) is 17.3 Å².